The maximum Gasteiger partial charge on any atom is 0.422 e. The van der Waals surface area contributed by atoms with Crippen LogP contribution in [0.1, 0.15) is 10.4 Å². The number of anilines is 1. The fourth-order valence-corrected chi connectivity index (χ4v) is 1.67. The molecule has 0 saturated carbocycles. The van der Waals surface area contributed by atoms with Crippen molar-refractivity contribution in [1.82, 2.24) is 9.71 Å². The molecule has 1 aromatic heterocycles. The van der Waals surface area contributed by atoms with Crippen LogP contribution in [0.2, 0.25) is 0 Å². The highest BCUT2D eigenvalue weighted by molar-refractivity contribution is 7.91. The molecule has 3 N–H and O–H groups in total. The molecule has 1 heterocycles. The van der Waals surface area contributed by atoms with E-state index in [-0.39, 0.29) is 11.4 Å². The zero-order chi connectivity index (χ0) is 13.8. The summed E-state index contributed by atoms with van der Waals surface area (Å²) in [7, 11) is -3.22. The molecule has 1 aromatic rings. The number of aromatic nitrogens is 1. The van der Waals surface area contributed by atoms with Gasteiger partial charge in [-0.05, 0) is 12.1 Å². The van der Waals surface area contributed by atoms with E-state index in [4.69, 9.17) is 5.11 Å². The standard InChI is InChI=1S/C8H9N3O6S/c1-17-8(14)11-18(15,16)10-6-4-5(7(12)13)2-3-9-6/h2-4H,1H3,(H,9,10)(H,11,14)(H,12,13). The Bertz CT molecular complexity index is 570. The van der Waals surface area contributed by atoms with Gasteiger partial charge in [0, 0.05) is 6.20 Å². The number of pyridine rings is 1. The topological polar surface area (TPSA) is 135 Å². The van der Waals surface area contributed by atoms with Crippen LogP contribution in [0.5, 0.6) is 0 Å². The van der Waals surface area contributed by atoms with Crippen LogP contribution in [0.4, 0.5) is 10.6 Å². The molecule has 18 heavy (non-hydrogen) atoms. The number of carbonyl (C=O) groups excluding carboxylic acids is 1. The van der Waals surface area contributed by atoms with Crippen LogP contribution in [-0.4, -0.2) is 37.7 Å². The van der Waals surface area contributed by atoms with Gasteiger partial charge in [0.2, 0.25) is 0 Å². The van der Waals surface area contributed by atoms with E-state index in [1.807, 2.05) is 4.72 Å². The van der Waals surface area contributed by atoms with Crippen LogP contribution in [0.15, 0.2) is 18.3 Å². The Balaban J connectivity index is 2.87. The number of nitrogens with one attached hydrogen (secondary N) is 2. The molecule has 1 rings (SSSR count). The lowest BCUT2D eigenvalue weighted by atomic mass is 10.3. The molecule has 0 bridgehead atoms. The van der Waals surface area contributed by atoms with Crippen molar-refractivity contribution in [3.63, 3.8) is 0 Å². The average Bonchev–Trinajstić information content (AvgIpc) is 2.27. The molecular weight excluding hydrogens is 266 g/mol. The minimum Gasteiger partial charge on any atom is -0.478 e. The number of aromatic carboxylic acids is 1. The number of amides is 1. The number of hydrogen-bond donors (Lipinski definition) is 3. The summed E-state index contributed by atoms with van der Waals surface area (Å²) in [6.07, 6.45) is -0.0729. The fraction of sp³-hybridized carbons (Fsp3) is 0.125. The summed E-state index contributed by atoms with van der Waals surface area (Å²) in [6, 6.07) is 2.19. The van der Waals surface area contributed by atoms with Crippen LogP contribution >= 0.6 is 0 Å². The number of carboxylic acid groups (broad SMARTS) is 1. The molecule has 0 fully saturated rings. The number of nitrogens with zero attached hydrogens (tertiary/aromatic N) is 1. The smallest absolute Gasteiger partial charge is 0.422 e. The van der Waals surface area contributed by atoms with Crippen LogP contribution < -0.4 is 9.44 Å². The van der Waals surface area contributed by atoms with E-state index in [0.717, 1.165) is 19.4 Å². The van der Waals surface area contributed by atoms with E-state index in [1.54, 1.807) is 0 Å². The fourth-order valence-electron chi connectivity index (χ4n) is 0.934. The molecule has 9 nitrogen and oxygen atoms in total. The Morgan fingerprint density at radius 2 is 2.11 bits per heavy atom. The van der Waals surface area contributed by atoms with Gasteiger partial charge >= 0.3 is 22.3 Å². The summed E-state index contributed by atoms with van der Waals surface area (Å²) < 4.78 is 30.2. The molecule has 0 aliphatic carbocycles. The molecule has 0 aromatic carbocycles. The second-order valence-corrected chi connectivity index (χ2v) is 4.35. The lowest BCUT2D eigenvalue weighted by molar-refractivity contribution is 0.0696. The number of ether oxygens (including phenoxy) is 1. The first-order chi connectivity index (χ1) is 8.34. The second-order valence-electron chi connectivity index (χ2n) is 2.93. The Kier molecular flexibility index (Phi) is 4.05. The van der Waals surface area contributed by atoms with Gasteiger partial charge in [-0.25, -0.2) is 19.3 Å². The van der Waals surface area contributed by atoms with Gasteiger partial charge in [-0.1, -0.05) is 0 Å². The van der Waals surface area contributed by atoms with Gasteiger partial charge in [-0.15, -0.1) is 0 Å². The SMILES string of the molecule is COC(=O)NS(=O)(=O)Nc1cc(C(=O)O)ccn1. The van der Waals surface area contributed by atoms with Crippen molar-refractivity contribution < 1.29 is 27.9 Å². The van der Waals surface area contributed by atoms with Gasteiger partial charge < -0.3 is 9.84 Å². The van der Waals surface area contributed by atoms with Crippen molar-refractivity contribution in [3.05, 3.63) is 23.9 Å². The molecule has 0 radical (unpaired) electrons. The third kappa shape index (κ3) is 3.90. The maximum atomic E-state index is 11.3. The van der Waals surface area contributed by atoms with Crippen LogP contribution in [0.3, 0.4) is 0 Å². The van der Waals surface area contributed by atoms with E-state index in [2.05, 4.69) is 9.72 Å². The van der Waals surface area contributed by atoms with Gasteiger partial charge in [0.15, 0.2) is 0 Å². The Morgan fingerprint density at radius 1 is 1.44 bits per heavy atom. The van der Waals surface area contributed by atoms with E-state index >= 15 is 0 Å². The first kappa shape index (κ1) is 13.7. The Hall–Kier alpha value is -2.36. The van der Waals surface area contributed by atoms with Crippen molar-refractivity contribution in [2.24, 2.45) is 0 Å². The summed E-state index contributed by atoms with van der Waals surface area (Å²) in [6.45, 7) is 0. The Morgan fingerprint density at radius 3 is 2.67 bits per heavy atom. The van der Waals surface area contributed by atoms with Gasteiger partial charge in [0.05, 0.1) is 12.7 Å². The van der Waals surface area contributed by atoms with Gasteiger partial charge in [0.1, 0.15) is 5.82 Å². The molecule has 0 aliphatic heterocycles. The molecule has 0 saturated heterocycles. The second kappa shape index (κ2) is 5.31. The van der Waals surface area contributed by atoms with Gasteiger partial charge in [-0.2, -0.15) is 8.42 Å². The predicted molar refractivity (Wildman–Crippen MR) is 59.3 cm³/mol. The normalized spacial score (nSPS) is 10.5. The van der Waals surface area contributed by atoms with E-state index in [0.29, 0.717) is 0 Å². The number of rotatable bonds is 4. The minimum atomic E-state index is -4.22. The molecule has 0 atom stereocenters. The first-order valence-corrected chi connectivity index (χ1v) is 5.90. The lowest BCUT2D eigenvalue weighted by Gasteiger charge is -2.07. The zero-order valence-electron chi connectivity index (χ0n) is 9.08. The predicted octanol–water partition coefficient (Wildman–Crippen LogP) is -0.208. The first-order valence-electron chi connectivity index (χ1n) is 4.42. The zero-order valence-corrected chi connectivity index (χ0v) is 9.89. The molecule has 98 valence electrons. The van der Waals surface area contributed by atoms with Crippen molar-refractivity contribution in [1.29, 1.82) is 0 Å². The van der Waals surface area contributed by atoms with Crippen LogP contribution in [0, 0.1) is 0 Å². The highest BCUT2D eigenvalue weighted by Gasteiger charge is 2.15. The molecular formula is C8H9N3O6S. The summed E-state index contributed by atoms with van der Waals surface area (Å²) >= 11 is 0. The quantitative estimate of drug-likeness (QED) is 0.692. The van der Waals surface area contributed by atoms with E-state index in [1.165, 1.54) is 10.8 Å². The molecule has 1 amide bonds. The highest BCUT2D eigenvalue weighted by atomic mass is 32.2. The van der Waals surface area contributed by atoms with Gasteiger partial charge in [0.25, 0.3) is 0 Å². The average molecular weight is 275 g/mol. The largest absolute Gasteiger partial charge is 0.478 e. The summed E-state index contributed by atoms with van der Waals surface area (Å²) in [5, 5.41) is 8.70. The summed E-state index contributed by atoms with van der Waals surface area (Å²) in [5.41, 5.74) is -0.152. The number of carboxylic acids is 1. The van der Waals surface area contributed by atoms with Crippen molar-refractivity contribution >= 4 is 28.1 Å². The van der Waals surface area contributed by atoms with E-state index < -0.39 is 22.3 Å². The number of methoxy groups -OCH3 is 1. The van der Waals surface area contributed by atoms with Crippen molar-refractivity contribution in [2.75, 3.05) is 11.8 Å². The van der Waals surface area contributed by atoms with Crippen molar-refractivity contribution in [3.8, 4) is 0 Å². The summed E-state index contributed by atoms with van der Waals surface area (Å²) in [5.74, 6) is -1.48. The molecule has 10 heteroatoms. The van der Waals surface area contributed by atoms with Crippen LogP contribution in [-0.2, 0) is 14.9 Å². The third-order valence-corrected chi connectivity index (χ3v) is 2.56. The minimum absolute atomic E-state index is 0.152. The highest BCUT2D eigenvalue weighted by Crippen LogP contribution is 2.08. The lowest BCUT2D eigenvalue weighted by Crippen LogP contribution is -2.35. The summed E-state index contributed by atoms with van der Waals surface area (Å²) in [4.78, 5) is 25.0. The monoisotopic (exact) mass is 275 g/mol. The third-order valence-electron chi connectivity index (χ3n) is 1.65. The van der Waals surface area contributed by atoms with Crippen molar-refractivity contribution in [2.45, 2.75) is 0 Å². The number of carbonyl (C=O) groups is 2. The number of hydrogen-bond acceptors (Lipinski definition) is 6. The Labute approximate surface area is 102 Å². The van der Waals surface area contributed by atoms with E-state index in [9.17, 15) is 18.0 Å². The molecule has 0 unspecified atom stereocenters. The maximum absolute atomic E-state index is 11.3. The molecule has 0 aliphatic rings. The van der Waals surface area contributed by atoms with Gasteiger partial charge in [-0.3, -0.25) is 4.72 Å². The van der Waals surface area contributed by atoms with Crippen LogP contribution in [0.25, 0.3) is 0 Å². The molecule has 0 spiro atoms.